The second-order valence-corrected chi connectivity index (χ2v) is 3.59. The van der Waals surface area contributed by atoms with Gasteiger partial charge in [-0.1, -0.05) is 23.8 Å². The first kappa shape index (κ1) is 10.5. The van der Waals surface area contributed by atoms with Gasteiger partial charge in [0.25, 0.3) is 0 Å². The van der Waals surface area contributed by atoms with E-state index < -0.39 is 0 Å². The Morgan fingerprint density at radius 3 is 2.77 bits per heavy atom. The Hall–Kier alpha value is -0.600. The third-order valence-corrected chi connectivity index (χ3v) is 2.30. The molecule has 0 unspecified atom stereocenters. The van der Waals surface area contributed by atoms with Gasteiger partial charge in [0.1, 0.15) is 0 Å². The molecule has 0 aliphatic rings. The molecule has 0 bridgehead atoms. The first-order valence-corrected chi connectivity index (χ1v) is 4.99. The van der Waals surface area contributed by atoms with Crippen LogP contribution in [0, 0.1) is 6.92 Å². The summed E-state index contributed by atoms with van der Waals surface area (Å²) >= 11 is 10.00. The quantitative estimate of drug-likeness (QED) is 0.573. The molecule has 0 saturated heterocycles. The number of aryl methyl sites for hydroxylation is 1. The molecule has 0 spiro atoms. The number of hydrogen-bond acceptors (Lipinski definition) is 2. The maximum Gasteiger partial charge on any atom is 0.0644 e. The van der Waals surface area contributed by atoms with Crippen molar-refractivity contribution in [1.29, 1.82) is 0 Å². The molecule has 3 heteroatoms. The van der Waals surface area contributed by atoms with E-state index in [1.54, 1.807) is 0 Å². The summed E-state index contributed by atoms with van der Waals surface area (Å²) in [5.74, 6) is 0.723. The predicted molar refractivity (Wildman–Crippen MR) is 63.5 cm³/mol. The Kier molecular flexibility index (Phi) is 3.70. The summed E-state index contributed by atoms with van der Waals surface area (Å²) in [6.45, 7) is 1.94. The lowest BCUT2D eigenvalue weighted by atomic mass is 10.1. The van der Waals surface area contributed by atoms with E-state index in [0.717, 1.165) is 16.9 Å². The molecule has 0 aliphatic heterocycles. The molecule has 13 heavy (non-hydrogen) atoms. The zero-order valence-electron chi connectivity index (χ0n) is 7.42. The highest BCUT2D eigenvalue weighted by Crippen LogP contribution is 2.24. The van der Waals surface area contributed by atoms with Gasteiger partial charge in [-0.15, -0.1) is 0 Å². The van der Waals surface area contributed by atoms with Gasteiger partial charge in [0, 0.05) is 5.75 Å². The predicted octanol–water partition coefficient (Wildman–Crippen LogP) is 3.17. The maximum absolute atomic E-state index is 5.92. The van der Waals surface area contributed by atoms with Crippen LogP contribution in [0.5, 0.6) is 0 Å². The number of hydrogen-bond donors (Lipinski definition) is 2. The minimum absolute atomic E-state index is 0.610. The lowest BCUT2D eigenvalue weighted by molar-refractivity contribution is 1.46. The number of nitrogens with two attached hydrogens (primary N) is 1. The molecule has 0 amide bonds. The average molecular weight is 214 g/mol. The van der Waals surface area contributed by atoms with Gasteiger partial charge in [-0.25, -0.2) is 0 Å². The number of nitrogen functional groups attached to an aromatic ring is 1. The van der Waals surface area contributed by atoms with Gasteiger partial charge >= 0.3 is 0 Å². The van der Waals surface area contributed by atoms with Crippen LogP contribution in [-0.2, 0) is 0 Å². The zero-order valence-corrected chi connectivity index (χ0v) is 9.07. The second-order valence-electron chi connectivity index (χ2n) is 2.82. The number of rotatable bonds is 2. The smallest absolute Gasteiger partial charge is 0.0644 e. The Bertz CT molecular complexity index is 311. The van der Waals surface area contributed by atoms with E-state index in [9.17, 15) is 0 Å². The van der Waals surface area contributed by atoms with Crippen LogP contribution in [0.4, 0.5) is 5.69 Å². The molecular weight excluding hydrogens is 202 g/mol. The third kappa shape index (κ3) is 2.68. The SMILES string of the molecule is Cc1cc(C=CCS)cc(Cl)c1N. The molecule has 70 valence electrons. The van der Waals surface area contributed by atoms with Gasteiger partial charge in [0.2, 0.25) is 0 Å². The van der Waals surface area contributed by atoms with Crippen LogP contribution in [0.2, 0.25) is 5.02 Å². The van der Waals surface area contributed by atoms with Gasteiger partial charge in [0.05, 0.1) is 10.7 Å². The van der Waals surface area contributed by atoms with Crippen LogP contribution in [-0.4, -0.2) is 5.75 Å². The van der Waals surface area contributed by atoms with E-state index in [0.29, 0.717) is 10.7 Å². The van der Waals surface area contributed by atoms with E-state index in [-0.39, 0.29) is 0 Å². The molecule has 1 aromatic carbocycles. The molecule has 0 aliphatic carbocycles. The van der Waals surface area contributed by atoms with Crippen molar-refractivity contribution < 1.29 is 0 Å². The molecule has 0 atom stereocenters. The van der Waals surface area contributed by atoms with Crippen molar-refractivity contribution in [2.75, 3.05) is 11.5 Å². The van der Waals surface area contributed by atoms with E-state index in [1.807, 2.05) is 31.2 Å². The number of halogens is 1. The van der Waals surface area contributed by atoms with Crippen molar-refractivity contribution in [3.05, 3.63) is 34.4 Å². The fourth-order valence-electron chi connectivity index (χ4n) is 1.07. The van der Waals surface area contributed by atoms with Crippen molar-refractivity contribution in [1.82, 2.24) is 0 Å². The summed E-state index contributed by atoms with van der Waals surface area (Å²) < 4.78 is 0. The van der Waals surface area contributed by atoms with Crippen molar-refractivity contribution >= 4 is 36.0 Å². The van der Waals surface area contributed by atoms with Gasteiger partial charge in [-0.05, 0) is 30.2 Å². The fraction of sp³-hybridized carbons (Fsp3) is 0.200. The van der Waals surface area contributed by atoms with Crippen LogP contribution in [0.25, 0.3) is 6.08 Å². The van der Waals surface area contributed by atoms with Crippen LogP contribution in [0.3, 0.4) is 0 Å². The maximum atomic E-state index is 5.92. The minimum atomic E-state index is 0.610. The van der Waals surface area contributed by atoms with Gasteiger partial charge in [0.15, 0.2) is 0 Å². The highest BCUT2D eigenvalue weighted by atomic mass is 35.5. The first-order chi connectivity index (χ1) is 6.15. The lowest BCUT2D eigenvalue weighted by Crippen LogP contribution is -1.91. The molecular formula is C10H12ClNS. The second kappa shape index (κ2) is 4.58. The summed E-state index contributed by atoms with van der Waals surface area (Å²) in [7, 11) is 0. The van der Waals surface area contributed by atoms with Crippen LogP contribution < -0.4 is 5.73 Å². The fourth-order valence-corrected chi connectivity index (χ4v) is 1.45. The van der Waals surface area contributed by atoms with Crippen LogP contribution in [0.15, 0.2) is 18.2 Å². The average Bonchev–Trinajstić information content (AvgIpc) is 2.10. The molecule has 1 rings (SSSR count). The zero-order chi connectivity index (χ0) is 9.84. The van der Waals surface area contributed by atoms with Crippen LogP contribution >= 0.6 is 24.2 Å². The summed E-state index contributed by atoms with van der Waals surface area (Å²) in [6.07, 6.45) is 3.94. The van der Waals surface area contributed by atoms with E-state index in [1.165, 1.54) is 0 Å². The van der Waals surface area contributed by atoms with Gasteiger partial charge < -0.3 is 5.73 Å². The molecule has 0 heterocycles. The van der Waals surface area contributed by atoms with Crippen LogP contribution in [0.1, 0.15) is 11.1 Å². The monoisotopic (exact) mass is 213 g/mol. The number of benzene rings is 1. The Morgan fingerprint density at radius 2 is 2.23 bits per heavy atom. The summed E-state index contributed by atoms with van der Waals surface area (Å²) in [6, 6.07) is 3.85. The highest BCUT2D eigenvalue weighted by Gasteiger charge is 2.00. The Labute approximate surface area is 89.0 Å². The molecule has 1 aromatic rings. The molecule has 1 nitrogen and oxygen atoms in total. The lowest BCUT2D eigenvalue weighted by Gasteiger charge is -2.03. The molecule has 0 fully saturated rings. The summed E-state index contributed by atoms with van der Waals surface area (Å²) in [5, 5.41) is 0.610. The first-order valence-electron chi connectivity index (χ1n) is 3.98. The Balaban J connectivity index is 3.06. The van der Waals surface area contributed by atoms with Crippen molar-refractivity contribution in [3.63, 3.8) is 0 Å². The normalized spacial score (nSPS) is 11.0. The van der Waals surface area contributed by atoms with Gasteiger partial charge in [-0.3, -0.25) is 0 Å². The standard InChI is InChI=1S/C10H12ClNS/c1-7-5-8(3-2-4-13)6-9(11)10(7)12/h2-3,5-6,13H,4,12H2,1H3. The van der Waals surface area contributed by atoms with Crippen molar-refractivity contribution in [2.24, 2.45) is 0 Å². The van der Waals surface area contributed by atoms with E-state index in [2.05, 4.69) is 12.6 Å². The largest absolute Gasteiger partial charge is 0.397 e. The molecule has 0 aromatic heterocycles. The molecule has 0 saturated carbocycles. The number of anilines is 1. The number of thiol groups is 1. The van der Waals surface area contributed by atoms with Gasteiger partial charge in [-0.2, -0.15) is 12.6 Å². The Morgan fingerprint density at radius 1 is 1.54 bits per heavy atom. The molecule has 0 radical (unpaired) electrons. The topological polar surface area (TPSA) is 26.0 Å². The van der Waals surface area contributed by atoms with E-state index >= 15 is 0 Å². The van der Waals surface area contributed by atoms with E-state index in [4.69, 9.17) is 17.3 Å². The van der Waals surface area contributed by atoms with Crippen molar-refractivity contribution in [2.45, 2.75) is 6.92 Å². The molecule has 2 N–H and O–H groups in total. The van der Waals surface area contributed by atoms with Crippen molar-refractivity contribution in [3.8, 4) is 0 Å². The minimum Gasteiger partial charge on any atom is -0.397 e. The third-order valence-electron chi connectivity index (χ3n) is 1.77. The highest BCUT2D eigenvalue weighted by molar-refractivity contribution is 7.80. The summed E-state index contributed by atoms with van der Waals surface area (Å²) in [4.78, 5) is 0. The summed E-state index contributed by atoms with van der Waals surface area (Å²) in [5.41, 5.74) is 8.43.